The number of hydrogen-bond donors (Lipinski definition) is 1. The van der Waals surface area contributed by atoms with Gasteiger partial charge in [0.2, 0.25) is 0 Å². The van der Waals surface area contributed by atoms with E-state index in [9.17, 15) is 0 Å². The maximum Gasteiger partial charge on any atom is 0.0631 e. The van der Waals surface area contributed by atoms with Crippen LogP contribution in [0.1, 0.15) is 37.2 Å². The number of nitrogens with one attached hydrogen (secondary N) is 1. The predicted molar refractivity (Wildman–Crippen MR) is 96.9 cm³/mol. The molecule has 2 unspecified atom stereocenters. The average molecular weight is 409 g/mol. The van der Waals surface area contributed by atoms with E-state index in [1.807, 2.05) is 0 Å². The van der Waals surface area contributed by atoms with E-state index in [4.69, 9.17) is 0 Å². The molecule has 1 N–H and O–H groups in total. The van der Waals surface area contributed by atoms with Gasteiger partial charge in [0, 0.05) is 20.9 Å². The number of hydrogen-bond acceptors (Lipinski definition) is 1. The smallest absolute Gasteiger partial charge is 0.0631 e. The maximum absolute atomic E-state index is 3.77. The third-order valence-electron chi connectivity index (χ3n) is 4.29. The highest BCUT2D eigenvalue weighted by Gasteiger charge is 2.27. The summed E-state index contributed by atoms with van der Waals surface area (Å²) in [6.45, 7) is 0. The van der Waals surface area contributed by atoms with E-state index >= 15 is 0 Å². The predicted octanol–water partition coefficient (Wildman–Crippen LogP) is 6.35. The van der Waals surface area contributed by atoms with Crippen LogP contribution in [0.5, 0.6) is 0 Å². The van der Waals surface area contributed by atoms with Crippen LogP contribution in [0.15, 0.2) is 57.5 Å². The van der Waals surface area contributed by atoms with Crippen LogP contribution in [0, 0.1) is 0 Å². The lowest BCUT2D eigenvalue weighted by Crippen LogP contribution is -2.30. The Bertz CT molecular complexity index is 577. The maximum atomic E-state index is 3.77. The number of halogens is 2. The van der Waals surface area contributed by atoms with E-state index in [0.29, 0.717) is 12.0 Å². The van der Waals surface area contributed by atoms with Crippen LogP contribution in [0.3, 0.4) is 0 Å². The highest BCUT2D eigenvalue weighted by atomic mass is 79.9. The van der Waals surface area contributed by atoms with Crippen LogP contribution in [0.4, 0.5) is 5.69 Å². The summed E-state index contributed by atoms with van der Waals surface area (Å²) < 4.78 is 2.24. The molecule has 0 aliphatic heterocycles. The molecule has 0 bridgehead atoms. The monoisotopic (exact) mass is 407 g/mol. The van der Waals surface area contributed by atoms with Crippen molar-refractivity contribution in [3.05, 3.63) is 63.0 Å². The number of anilines is 1. The molecule has 0 amide bonds. The second-order valence-electron chi connectivity index (χ2n) is 5.65. The lowest BCUT2D eigenvalue weighted by atomic mass is 9.80. The summed E-state index contributed by atoms with van der Waals surface area (Å²) in [6, 6.07) is 17.6. The van der Waals surface area contributed by atoms with Crippen LogP contribution in [0.2, 0.25) is 0 Å². The van der Waals surface area contributed by atoms with Gasteiger partial charge < -0.3 is 5.32 Å². The Kier molecular flexibility index (Phi) is 5.02. The van der Waals surface area contributed by atoms with Gasteiger partial charge in [0.15, 0.2) is 0 Å². The van der Waals surface area contributed by atoms with Crippen molar-refractivity contribution >= 4 is 37.5 Å². The van der Waals surface area contributed by atoms with Crippen molar-refractivity contribution in [3.63, 3.8) is 0 Å². The second-order valence-corrected chi connectivity index (χ2v) is 7.36. The molecule has 3 heteroatoms. The van der Waals surface area contributed by atoms with E-state index in [2.05, 4.69) is 85.7 Å². The summed E-state index contributed by atoms with van der Waals surface area (Å²) in [5, 5.41) is 3.77. The molecule has 2 aromatic rings. The Balaban J connectivity index is 1.85. The highest BCUT2D eigenvalue weighted by molar-refractivity contribution is 9.11. The minimum atomic E-state index is 0.496. The zero-order valence-corrected chi connectivity index (χ0v) is 15.0. The third kappa shape index (κ3) is 3.51. The Morgan fingerprint density at radius 2 is 1.48 bits per heavy atom. The van der Waals surface area contributed by atoms with E-state index < -0.39 is 0 Å². The molecule has 0 heterocycles. The normalized spacial score (nSPS) is 22.0. The Morgan fingerprint density at radius 1 is 0.810 bits per heavy atom. The molecule has 0 aromatic heterocycles. The van der Waals surface area contributed by atoms with Crippen molar-refractivity contribution in [2.45, 2.75) is 37.6 Å². The van der Waals surface area contributed by atoms with Gasteiger partial charge >= 0.3 is 0 Å². The van der Waals surface area contributed by atoms with Crippen LogP contribution in [-0.4, -0.2) is 6.04 Å². The minimum absolute atomic E-state index is 0.496. The van der Waals surface area contributed by atoms with Crippen LogP contribution in [0.25, 0.3) is 0 Å². The molecular formula is C18H19Br2N. The van der Waals surface area contributed by atoms with Gasteiger partial charge in [0.25, 0.3) is 0 Å². The van der Waals surface area contributed by atoms with Crippen molar-refractivity contribution in [2.24, 2.45) is 0 Å². The second kappa shape index (κ2) is 6.97. The zero-order chi connectivity index (χ0) is 14.7. The molecular weight excluding hydrogens is 390 g/mol. The molecule has 1 nitrogen and oxygen atoms in total. The lowest BCUT2D eigenvalue weighted by molar-refractivity contribution is 0.405. The lowest BCUT2D eigenvalue weighted by Gasteiger charge is -2.34. The molecule has 21 heavy (non-hydrogen) atoms. The van der Waals surface area contributed by atoms with E-state index in [-0.39, 0.29) is 0 Å². The van der Waals surface area contributed by atoms with E-state index in [0.717, 1.165) is 8.95 Å². The number of rotatable bonds is 3. The van der Waals surface area contributed by atoms with E-state index in [1.54, 1.807) is 0 Å². The fraction of sp³-hybridized carbons (Fsp3) is 0.333. The molecule has 2 aromatic carbocycles. The van der Waals surface area contributed by atoms with Crippen molar-refractivity contribution in [1.82, 2.24) is 0 Å². The first kappa shape index (κ1) is 15.1. The summed E-state index contributed by atoms with van der Waals surface area (Å²) >= 11 is 7.32. The molecule has 1 fully saturated rings. The van der Waals surface area contributed by atoms with Crippen molar-refractivity contribution in [1.29, 1.82) is 0 Å². The molecule has 3 rings (SSSR count). The SMILES string of the molecule is Brc1cccc(Br)c1NC1CCCCC1c1ccccc1. The highest BCUT2D eigenvalue weighted by Crippen LogP contribution is 2.38. The number of benzene rings is 2. The van der Waals surface area contributed by atoms with Crippen LogP contribution >= 0.6 is 31.9 Å². The van der Waals surface area contributed by atoms with Gasteiger partial charge in [-0.05, 0) is 62.4 Å². The molecule has 0 radical (unpaired) electrons. The summed E-state index contributed by atoms with van der Waals surface area (Å²) in [5.41, 5.74) is 2.63. The van der Waals surface area contributed by atoms with Crippen LogP contribution in [-0.2, 0) is 0 Å². The third-order valence-corrected chi connectivity index (χ3v) is 5.61. The Hall–Kier alpha value is -0.800. The van der Waals surface area contributed by atoms with Gasteiger partial charge in [-0.3, -0.25) is 0 Å². The van der Waals surface area contributed by atoms with Gasteiger partial charge in [0.1, 0.15) is 0 Å². The standard InChI is InChI=1S/C18H19Br2N/c19-15-10-6-11-16(20)18(15)21-17-12-5-4-9-14(17)13-7-2-1-3-8-13/h1-3,6-8,10-11,14,17,21H,4-5,9,12H2. The Labute approximate surface area is 143 Å². The van der Waals surface area contributed by atoms with Gasteiger partial charge in [-0.25, -0.2) is 0 Å². The first-order valence-electron chi connectivity index (χ1n) is 7.51. The van der Waals surface area contributed by atoms with Crippen LogP contribution < -0.4 is 5.32 Å². The van der Waals surface area contributed by atoms with E-state index in [1.165, 1.54) is 36.9 Å². The molecule has 1 aliphatic rings. The van der Waals surface area contributed by atoms with Gasteiger partial charge in [0.05, 0.1) is 5.69 Å². The number of para-hydroxylation sites is 1. The Morgan fingerprint density at radius 3 is 2.19 bits per heavy atom. The van der Waals surface area contributed by atoms with Gasteiger partial charge in [-0.2, -0.15) is 0 Å². The molecule has 1 aliphatic carbocycles. The first-order chi connectivity index (χ1) is 10.3. The molecule has 0 spiro atoms. The molecule has 0 saturated heterocycles. The topological polar surface area (TPSA) is 12.0 Å². The fourth-order valence-corrected chi connectivity index (χ4v) is 4.45. The van der Waals surface area contributed by atoms with Crippen molar-refractivity contribution in [2.75, 3.05) is 5.32 Å². The quantitative estimate of drug-likeness (QED) is 0.623. The molecule has 1 saturated carbocycles. The summed E-state index contributed by atoms with van der Waals surface area (Å²) in [6.07, 6.45) is 5.13. The van der Waals surface area contributed by atoms with Crippen molar-refractivity contribution in [3.8, 4) is 0 Å². The summed E-state index contributed by atoms with van der Waals surface area (Å²) in [4.78, 5) is 0. The average Bonchev–Trinajstić information content (AvgIpc) is 2.52. The molecule has 2 atom stereocenters. The van der Waals surface area contributed by atoms with Gasteiger partial charge in [-0.15, -0.1) is 0 Å². The van der Waals surface area contributed by atoms with Crippen molar-refractivity contribution < 1.29 is 0 Å². The zero-order valence-electron chi connectivity index (χ0n) is 11.9. The fourth-order valence-electron chi connectivity index (χ4n) is 3.22. The molecule has 110 valence electrons. The minimum Gasteiger partial charge on any atom is -0.380 e. The first-order valence-corrected chi connectivity index (χ1v) is 9.10. The summed E-state index contributed by atoms with van der Waals surface area (Å²) in [7, 11) is 0. The summed E-state index contributed by atoms with van der Waals surface area (Å²) in [5.74, 6) is 0.596. The largest absolute Gasteiger partial charge is 0.380 e. The van der Waals surface area contributed by atoms with Gasteiger partial charge in [-0.1, -0.05) is 49.2 Å².